The van der Waals surface area contributed by atoms with Crippen LogP contribution >= 0.6 is 15.9 Å². The van der Waals surface area contributed by atoms with Crippen molar-refractivity contribution in [2.75, 3.05) is 7.05 Å². The van der Waals surface area contributed by atoms with Crippen molar-refractivity contribution < 1.29 is 4.79 Å². The first-order chi connectivity index (χ1) is 8.59. The molecule has 0 aliphatic heterocycles. The van der Waals surface area contributed by atoms with Crippen LogP contribution < -0.4 is 0 Å². The molecule has 18 heavy (non-hydrogen) atoms. The van der Waals surface area contributed by atoms with Crippen LogP contribution in [0.2, 0.25) is 0 Å². The molecule has 0 bridgehead atoms. The van der Waals surface area contributed by atoms with Gasteiger partial charge < -0.3 is 4.90 Å². The molecule has 0 spiro atoms. The molecule has 3 nitrogen and oxygen atoms in total. The minimum Gasteiger partial charge on any atom is -0.338 e. The van der Waals surface area contributed by atoms with Gasteiger partial charge in [-0.1, -0.05) is 19.8 Å². The standard InChI is InChI=1S/C14H19BrN2O/c1-10-5-3-4-6-13(10)17(2)14(18)11-7-12(15)9-16-8-11/h7-10,13H,3-6H2,1-2H3. The Bertz CT molecular complexity index is 436. The van der Waals surface area contributed by atoms with E-state index in [1.165, 1.54) is 19.3 Å². The third-order valence-electron chi connectivity index (χ3n) is 3.84. The minimum absolute atomic E-state index is 0.0718. The van der Waals surface area contributed by atoms with E-state index in [1.54, 1.807) is 12.4 Å². The predicted octanol–water partition coefficient (Wildman–Crippen LogP) is 3.49. The Hall–Kier alpha value is -0.900. The molecular weight excluding hydrogens is 292 g/mol. The third-order valence-corrected chi connectivity index (χ3v) is 4.27. The Balaban J connectivity index is 2.13. The van der Waals surface area contributed by atoms with Crippen LogP contribution in [-0.2, 0) is 0 Å². The van der Waals surface area contributed by atoms with Gasteiger partial charge in [0, 0.05) is 30.0 Å². The highest BCUT2D eigenvalue weighted by molar-refractivity contribution is 9.10. The lowest BCUT2D eigenvalue weighted by Gasteiger charge is -2.36. The summed E-state index contributed by atoms with van der Waals surface area (Å²) in [6.45, 7) is 2.24. The summed E-state index contributed by atoms with van der Waals surface area (Å²) in [6.07, 6.45) is 8.18. The van der Waals surface area contributed by atoms with Crippen molar-refractivity contribution in [3.63, 3.8) is 0 Å². The van der Waals surface area contributed by atoms with E-state index in [1.807, 2.05) is 18.0 Å². The molecule has 1 saturated carbocycles. The number of hydrogen-bond donors (Lipinski definition) is 0. The molecule has 1 amide bonds. The molecular formula is C14H19BrN2O. The number of rotatable bonds is 2. The summed E-state index contributed by atoms with van der Waals surface area (Å²) in [7, 11) is 1.91. The highest BCUT2D eigenvalue weighted by Crippen LogP contribution is 2.28. The molecule has 0 aromatic carbocycles. The average Bonchev–Trinajstić information content (AvgIpc) is 2.37. The van der Waals surface area contributed by atoms with Crippen LogP contribution in [0.25, 0.3) is 0 Å². The predicted molar refractivity (Wildman–Crippen MR) is 75.5 cm³/mol. The summed E-state index contributed by atoms with van der Waals surface area (Å²) in [5.41, 5.74) is 0.657. The average molecular weight is 311 g/mol. The summed E-state index contributed by atoms with van der Waals surface area (Å²) in [5, 5.41) is 0. The largest absolute Gasteiger partial charge is 0.338 e. The molecule has 1 aromatic rings. The van der Waals surface area contributed by atoms with Crippen LogP contribution in [0, 0.1) is 5.92 Å². The van der Waals surface area contributed by atoms with Gasteiger partial charge in [-0.3, -0.25) is 9.78 Å². The zero-order valence-electron chi connectivity index (χ0n) is 10.9. The van der Waals surface area contributed by atoms with Crippen LogP contribution in [0.1, 0.15) is 43.0 Å². The third kappa shape index (κ3) is 2.91. The van der Waals surface area contributed by atoms with Crippen molar-refractivity contribution in [2.45, 2.75) is 38.6 Å². The number of amides is 1. The van der Waals surface area contributed by atoms with Crippen LogP contribution in [0.15, 0.2) is 22.9 Å². The van der Waals surface area contributed by atoms with Gasteiger partial charge >= 0.3 is 0 Å². The quantitative estimate of drug-likeness (QED) is 0.837. The van der Waals surface area contributed by atoms with E-state index in [9.17, 15) is 4.79 Å². The molecule has 1 aliphatic rings. The number of pyridine rings is 1. The van der Waals surface area contributed by atoms with E-state index in [0.717, 1.165) is 10.9 Å². The first-order valence-corrected chi connectivity index (χ1v) is 7.26. The van der Waals surface area contributed by atoms with Gasteiger partial charge in [0.15, 0.2) is 0 Å². The van der Waals surface area contributed by atoms with E-state index in [0.29, 0.717) is 17.5 Å². The molecule has 98 valence electrons. The van der Waals surface area contributed by atoms with Crippen LogP contribution in [0.3, 0.4) is 0 Å². The molecule has 1 fully saturated rings. The normalized spacial score (nSPS) is 23.7. The van der Waals surface area contributed by atoms with Gasteiger partial charge in [-0.05, 0) is 40.8 Å². The van der Waals surface area contributed by atoms with Gasteiger partial charge in [0.05, 0.1) is 5.56 Å². The maximum atomic E-state index is 12.4. The van der Waals surface area contributed by atoms with E-state index >= 15 is 0 Å². The van der Waals surface area contributed by atoms with Crippen molar-refractivity contribution in [3.05, 3.63) is 28.5 Å². The maximum Gasteiger partial charge on any atom is 0.255 e. The molecule has 2 unspecified atom stereocenters. The van der Waals surface area contributed by atoms with E-state index in [-0.39, 0.29) is 5.91 Å². The van der Waals surface area contributed by atoms with E-state index < -0.39 is 0 Å². The van der Waals surface area contributed by atoms with Gasteiger partial charge in [-0.25, -0.2) is 0 Å². The van der Waals surface area contributed by atoms with Gasteiger partial charge in [0.25, 0.3) is 5.91 Å². The lowest BCUT2D eigenvalue weighted by Crippen LogP contribution is -2.42. The smallest absolute Gasteiger partial charge is 0.255 e. The number of hydrogen-bond acceptors (Lipinski definition) is 2. The van der Waals surface area contributed by atoms with Crippen molar-refractivity contribution in [3.8, 4) is 0 Å². The molecule has 0 radical (unpaired) electrons. The molecule has 4 heteroatoms. The zero-order valence-corrected chi connectivity index (χ0v) is 12.5. The van der Waals surface area contributed by atoms with Crippen molar-refractivity contribution in [1.82, 2.24) is 9.88 Å². The number of aromatic nitrogens is 1. The van der Waals surface area contributed by atoms with Crippen LogP contribution in [0.4, 0.5) is 0 Å². The SMILES string of the molecule is CC1CCCCC1N(C)C(=O)c1cncc(Br)c1. The fraction of sp³-hybridized carbons (Fsp3) is 0.571. The lowest BCUT2D eigenvalue weighted by molar-refractivity contribution is 0.0628. The van der Waals surface area contributed by atoms with Crippen molar-refractivity contribution in [2.24, 2.45) is 5.92 Å². The monoisotopic (exact) mass is 310 g/mol. The first-order valence-electron chi connectivity index (χ1n) is 6.47. The summed E-state index contributed by atoms with van der Waals surface area (Å²) in [6, 6.07) is 2.20. The number of nitrogens with zero attached hydrogens (tertiary/aromatic N) is 2. The molecule has 1 aromatic heterocycles. The number of carbonyl (C=O) groups excluding carboxylic acids is 1. The fourth-order valence-corrected chi connectivity index (χ4v) is 3.12. The van der Waals surface area contributed by atoms with Crippen molar-refractivity contribution >= 4 is 21.8 Å². The second-order valence-electron chi connectivity index (χ2n) is 5.14. The second kappa shape index (κ2) is 5.83. The summed E-state index contributed by atoms with van der Waals surface area (Å²) in [4.78, 5) is 18.4. The van der Waals surface area contributed by atoms with E-state index in [2.05, 4.69) is 27.8 Å². The molecule has 1 aliphatic carbocycles. The minimum atomic E-state index is 0.0718. The highest BCUT2D eigenvalue weighted by atomic mass is 79.9. The number of halogens is 1. The molecule has 2 atom stereocenters. The zero-order chi connectivity index (χ0) is 13.1. The van der Waals surface area contributed by atoms with Gasteiger partial charge in [0.2, 0.25) is 0 Å². The van der Waals surface area contributed by atoms with Crippen molar-refractivity contribution in [1.29, 1.82) is 0 Å². The topological polar surface area (TPSA) is 33.2 Å². The molecule has 0 saturated heterocycles. The fourth-order valence-electron chi connectivity index (χ4n) is 2.76. The van der Waals surface area contributed by atoms with Crippen LogP contribution in [0.5, 0.6) is 0 Å². The Morgan fingerprint density at radius 2 is 2.11 bits per heavy atom. The highest BCUT2D eigenvalue weighted by Gasteiger charge is 2.28. The molecule has 2 rings (SSSR count). The van der Waals surface area contributed by atoms with E-state index in [4.69, 9.17) is 0 Å². The Morgan fingerprint density at radius 1 is 1.39 bits per heavy atom. The summed E-state index contributed by atoms with van der Waals surface area (Å²) in [5.74, 6) is 0.662. The Labute approximate surface area is 117 Å². The lowest BCUT2D eigenvalue weighted by atomic mass is 9.85. The Morgan fingerprint density at radius 3 is 2.78 bits per heavy atom. The maximum absolute atomic E-state index is 12.4. The van der Waals surface area contributed by atoms with Gasteiger partial charge in [0.1, 0.15) is 0 Å². The number of carbonyl (C=O) groups is 1. The van der Waals surface area contributed by atoms with Crippen LogP contribution in [-0.4, -0.2) is 28.9 Å². The van der Waals surface area contributed by atoms with Gasteiger partial charge in [-0.15, -0.1) is 0 Å². The van der Waals surface area contributed by atoms with Gasteiger partial charge in [-0.2, -0.15) is 0 Å². The Kier molecular flexibility index (Phi) is 4.38. The summed E-state index contributed by atoms with van der Waals surface area (Å²) >= 11 is 3.35. The summed E-state index contributed by atoms with van der Waals surface area (Å²) < 4.78 is 0.846. The first kappa shape index (κ1) is 13.5. The molecule has 1 heterocycles. The second-order valence-corrected chi connectivity index (χ2v) is 6.05. The molecule has 0 N–H and O–H groups in total.